The van der Waals surface area contributed by atoms with E-state index in [1.54, 1.807) is 5.32 Å². The van der Waals surface area contributed by atoms with Crippen molar-refractivity contribution in [1.82, 2.24) is 10.3 Å². The molecule has 16 heteroatoms. The molecule has 0 saturated carbocycles. The molecule has 0 amide bonds. The van der Waals surface area contributed by atoms with Crippen molar-refractivity contribution in [2.45, 2.75) is 5.79 Å². The van der Waals surface area contributed by atoms with Crippen LogP contribution in [0.25, 0.3) is 0 Å². The van der Waals surface area contributed by atoms with Gasteiger partial charge >= 0.3 is 11.6 Å². The smallest absolute Gasteiger partial charge is 0.358 e. The van der Waals surface area contributed by atoms with Gasteiger partial charge < -0.3 is 15.4 Å². The van der Waals surface area contributed by atoms with Gasteiger partial charge in [0.15, 0.2) is 19.9 Å². The molecule has 20 heavy (non-hydrogen) atoms. The van der Waals surface area contributed by atoms with Gasteiger partial charge in [-0.1, -0.05) is 0 Å². The van der Waals surface area contributed by atoms with Gasteiger partial charge in [-0.2, -0.15) is 0 Å². The number of hydrogen-bond acceptors (Lipinski definition) is 12. The Kier molecular flexibility index (Phi) is 3.68. The molecule has 0 radical (unpaired) electrons. The molecule has 0 unspecified atom stereocenters. The van der Waals surface area contributed by atoms with E-state index in [-0.39, 0.29) is 0 Å². The van der Waals surface area contributed by atoms with Crippen LogP contribution in [0.2, 0.25) is 0 Å². The molecule has 0 spiro atoms. The van der Waals surface area contributed by atoms with Crippen LogP contribution < -0.4 is 5.32 Å². The molecule has 16 nitrogen and oxygen atoms in total. The summed E-state index contributed by atoms with van der Waals surface area (Å²) >= 11 is 0. The predicted octanol–water partition coefficient (Wildman–Crippen LogP) is -1.13. The molecule has 0 bridgehead atoms. The maximum Gasteiger partial charge on any atom is 0.717 e. The second-order valence-corrected chi connectivity index (χ2v) is 3.09. The Bertz CT molecular complexity index is 543. The van der Waals surface area contributed by atoms with Crippen molar-refractivity contribution >= 4 is 11.6 Å². The summed E-state index contributed by atoms with van der Waals surface area (Å²) in [7, 11) is 0. The first-order valence-corrected chi connectivity index (χ1v) is 4.37. The largest absolute Gasteiger partial charge is 0.717 e. The van der Waals surface area contributed by atoms with Crippen molar-refractivity contribution in [2.75, 3.05) is 11.9 Å². The minimum atomic E-state index is -3.83. The Labute approximate surface area is 105 Å². The average molecular weight is 293 g/mol. The zero-order chi connectivity index (χ0) is 15.5. The summed E-state index contributed by atoms with van der Waals surface area (Å²) in [6.07, 6.45) is 0. The molecule has 0 atom stereocenters. The van der Waals surface area contributed by atoms with E-state index in [4.69, 9.17) is 0 Å². The fraction of sp³-hybridized carbons (Fsp3) is 0.500. The van der Waals surface area contributed by atoms with E-state index in [2.05, 4.69) is 14.9 Å². The normalized spacial score (nSPS) is 10.8. The van der Waals surface area contributed by atoms with E-state index in [1.807, 2.05) is 0 Å². The first-order valence-electron chi connectivity index (χ1n) is 4.37. The van der Waals surface area contributed by atoms with Crippen LogP contribution in [0.1, 0.15) is 0 Å². The van der Waals surface area contributed by atoms with E-state index < -0.39 is 43.7 Å². The molecular formula is C4H3N7O9. The standard InChI is InChI=1S/C4H3N7O9/c12-8(13)3-2(6-20-7-3)5-1-4(9(14)15,10(16)17)11(18)19/h1H2,(H,5,6). The van der Waals surface area contributed by atoms with E-state index >= 15 is 0 Å². The predicted molar refractivity (Wildman–Crippen MR) is 53.2 cm³/mol. The van der Waals surface area contributed by atoms with Gasteiger partial charge in [0.05, 0.1) is 0 Å². The van der Waals surface area contributed by atoms with E-state index in [0.717, 1.165) is 0 Å². The van der Waals surface area contributed by atoms with Gasteiger partial charge in [-0.05, 0) is 4.92 Å². The summed E-state index contributed by atoms with van der Waals surface area (Å²) in [5, 5.41) is 49.6. The second kappa shape index (κ2) is 5.04. The van der Waals surface area contributed by atoms with Crippen molar-refractivity contribution in [3.63, 3.8) is 0 Å². The highest BCUT2D eigenvalue weighted by atomic mass is 16.7. The van der Waals surface area contributed by atoms with Gasteiger partial charge in [0.25, 0.3) is 5.82 Å². The van der Waals surface area contributed by atoms with Crippen molar-refractivity contribution in [1.29, 1.82) is 0 Å². The van der Waals surface area contributed by atoms with Crippen LogP contribution >= 0.6 is 0 Å². The lowest BCUT2D eigenvalue weighted by atomic mass is 10.3. The number of nitrogens with one attached hydrogen (secondary N) is 1. The maximum atomic E-state index is 10.6. The highest BCUT2D eigenvalue weighted by molar-refractivity contribution is 5.48. The minimum absolute atomic E-state index is 0.815. The molecule has 1 heterocycles. The summed E-state index contributed by atoms with van der Waals surface area (Å²) in [6, 6.07) is 0. The molecule has 0 aliphatic rings. The fourth-order valence-electron chi connectivity index (χ4n) is 1.01. The number of rotatable bonds is 7. The van der Waals surface area contributed by atoms with E-state index in [9.17, 15) is 40.5 Å². The molecule has 0 fully saturated rings. The Morgan fingerprint density at radius 3 is 1.90 bits per heavy atom. The minimum Gasteiger partial charge on any atom is -0.358 e. The zero-order valence-corrected chi connectivity index (χ0v) is 9.06. The van der Waals surface area contributed by atoms with Gasteiger partial charge in [-0.15, -0.1) is 4.63 Å². The third-order valence-electron chi connectivity index (χ3n) is 2.01. The average Bonchev–Trinajstić information content (AvgIpc) is 2.76. The lowest BCUT2D eigenvalue weighted by Crippen LogP contribution is -2.58. The van der Waals surface area contributed by atoms with E-state index in [0.29, 0.717) is 0 Å². The van der Waals surface area contributed by atoms with Crippen LogP contribution in [-0.4, -0.2) is 42.3 Å². The number of aromatic nitrogens is 2. The van der Waals surface area contributed by atoms with Crippen molar-refractivity contribution in [2.24, 2.45) is 0 Å². The zero-order valence-electron chi connectivity index (χ0n) is 9.06. The Morgan fingerprint density at radius 2 is 1.50 bits per heavy atom. The molecular weight excluding hydrogens is 290 g/mol. The van der Waals surface area contributed by atoms with E-state index in [1.165, 1.54) is 0 Å². The Hall–Kier alpha value is -3.46. The van der Waals surface area contributed by atoms with Crippen LogP contribution in [0.15, 0.2) is 4.63 Å². The highest BCUT2D eigenvalue weighted by Gasteiger charge is 2.70. The van der Waals surface area contributed by atoms with Crippen molar-refractivity contribution < 1.29 is 24.3 Å². The molecule has 0 aromatic carbocycles. The molecule has 1 aromatic heterocycles. The molecule has 1 aromatic rings. The lowest BCUT2D eigenvalue weighted by molar-refractivity contribution is -0.965. The van der Waals surface area contributed by atoms with Crippen LogP contribution in [-0.2, 0) is 0 Å². The summed E-state index contributed by atoms with van der Waals surface area (Å²) in [6.45, 7) is -1.50. The van der Waals surface area contributed by atoms with Gasteiger partial charge in [0.2, 0.25) is 6.54 Å². The van der Waals surface area contributed by atoms with Crippen LogP contribution in [0, 0.1) is 40.5 Å². The quantitative estimate of drug-likeness (QED) is 0.358. The highest BCUT2D eigenvalue weighted by Crippen LogP contribution is 2.20. The van der Waals surface area contributed by atoms with Crippen molar-refractivity contribution in [3.05, 3.63) is 40.5 Å². The molecule has 108 valence electrons. The van der Waals surface area contributed by atoms with Gasteiger partial charge in [-0.3, -0.25) is 30.3 Å². The number of nitro groups is 4. The van der Waals surface area contributed by atoms with Crippen LogP contribution in [0.4, 0.5) is 11.6 Å². The lowest BCUT2D eigenvalue weighted by Gasteiger charge is -2.08. The maximum absolute atomic E-state index is 10.6. The number of anilines is 1. The summed E-state index contributed by atoms with van der Waals surface area (Å²) in [4.78, 5) is 35.8. The molecule has 1 rings (SSSR count). The van der Waals surface area contributed by atoms with Gasteiger partial charge in [-0.25, -0.2) is 0 Å². The summed E-state index contributed by atoms with van der Waals surface area (Å²) in [5.41, 5.74) is 0. The molecule has 0 aliphatic carbocycles. The molecule has 1 N–H and O–H groups in total. The van der Waals surface area contributed by atoms with Crippen molar-refractivity contribution in [3.8, 4) is 0 Å². The Balaban J connectivity index is 3.07. The van der Waals surface area contributed by atoms with Gasteiger partial charge in [0.1, 0.15) is 0 Å². The second-order valence-electron chi connectivity index (χ2n) is 3.09. The first kappa shape index (κ1) is 14.6. The molecule has 0 saturated heterocycles. The van der Waals surface area contributed by atoms with Gasteiger partial charge in [0, 0.05) is 5.16 Å². The SMILES string of the molecule is O=[N+]([O-])c1nonc1NCC([N+](=O)[O-])([N+](=O)[O-])[N+](=O)[O-]. The third kappa shape index (κ3) is 2.23. The summed E-state index contributed by atoms with van der Waals surface area (Å²) in [5.74, 6) is -5.67. The fourth-order valence-corrected chi connectivity index (χ4v) is 1.01. The first-order chi connectivity index (χ1) is 9.23. The summed E-state index contributed by atoms with van der Waals surface area (Å²) < 4.78 is 3.94. The monoisotopic (exact) mass is 293 g/mol. The van der Waals surface area contributed by atoms with Crippen LogP contribution in [0.5, 0.6) is 0 Å². The topological polar surface area (TPSA) is 224 Å². The molecule has 0 aliphatic heterocycles. The number of hydrogen-bond donors (Lipinski definition) is 1. The Morgan fingerprint density at radius 1 is 1.00 bits per heavy atom. The number of nitrogens with zero attached hydrogens (tertiary/aromatic N) is 6. The van der Waals surface area contributed by atoms with Crippen LogP contribution in [0.3, 0.4) is 0 Å². The third-order valence-corrected chi connectivity index (χ3v) is 2.01.